The van der Waals surface area contributed by atoms with Crippen molar-refractivity contribution in [3.05, 3.63) is 66.0 Å². The summed E-state index contributed by atoms with van der Waals surface area (Å²) in [6.07, 6.45) is 2.84. The molecule has 1 aromatic heterocycles. The summed E-state index contributed by atoms with van der Waals surface area (Å²) < 4.78 is 2.06. The van der Waals surface area contributed by atoms with Gasteiger partial charge < -0.3 is 9.47 Å². The number of unbranched alkanes of at least 4 members (excludes halogenated alkanes) is 1. The van der Waals surface area contributed by atoms with Crippen LogP contribution in [0.2, 0.25) is 0 Å². The lowest BCUT2D eigenvalue weighted by atomic mass is 10.1. The summed E-state index contributed by atoms with van der Waals surface area (Å²) in [6.45, 7) is 3.28. The van der Waals surface area contributed by atoms with Gasteiger partial charge in [0.15, 0.2) is 0 Å². The Morgan fingerprint density at radius 1 is 1.08 bits per heavy atom. The topological polar surface area (TPSA) is 38.1 Å². The highest BCUT2D eigenvalue weighted by Gasteiger charge is 2.16. The minimum Gasteiger partial charge on any atom is -0.344 e. The molecule has 0 aliphatic carbocycles. The van der Waals surface area contributed by atoms with Crippen molar-refractivity contribution >= 4 is 16.9 Å². The van der Waals surface area contributed by atoms with Crippen LogP contribution in [0.15, 0.2) is 54.6 Å². The lowest BCUT2D eigenvalue weighted by molar-refractivity contribution is -0.130. The molecule has 3 rings (SSSR count). The first-order chi connectivity index (χ1) is 12.2. The molecule has 0 spiro atoms. The Morgan fingerprint density at radius 2 is 1.80 bits per heavy atom. The maximum Gasteiger partial charge on any atom is 0.242 e. The summed E-state index contributed by atoms with van der Waals surface area (Å²) in [4.78, 5) is 19.2. The third kappa shape index (κ3) is 4.08. The number of nitrogens with zero attached hydrogens (tertiary/aromatic N) is 3. The fraction of sp³-hybridized carbons (Fsp3) is 0.333. The molecule has 0 bridgehead atoms. The molecule has 0 saturated carbocycles. The zero-order valence-electron chi connectivity index (χ0n) is 15.0. The molecule has 1 heterocycles. The first kappa shape index (κ1) is 17.2. The third-order valence-corrected chi connectivity index (χ3v) is 4.50. The van der Waals surface area contributed by atoms with Crippen molar-refractivity contribution in [3.8, 4) is 0 Å². The second-order valence-electron chi connectivity index (χ2n) is 6.43. The Labute approximate surface area is 149 Å². The second kappa shape index (κ2) is 7.97. The van der Waals surface area contributed by atoms with Crippen LogP contribution in [-0.2, 0) is 17.8 Å². The van der Waals surface area contributed by atoms with E-state index in [1.807, 2.05) is 54.4 Å². The lowest BCUT2D eigenvalue weighted by Gasteiger charge is -2.18. The van der Waals surface area contributed by atoms with Crippen LogP contribution in [-0.4, -0.2) is 34.0 Å². The SMILES string of the molecule is CCCCN(C)C(=O)Cn1c(Cc2ccccc2)nc2ccccc21. The van der Waals surface area contributed by atoms with E-state index < -0.39 is 0 Å². The van der Waals surface area contributed by atoms with E-state index in [9.17, 15) is 4.79 Å². The number of aromatic nitrogens is 2. The zero-order chi connectivity index (χ0) is 17.6. The van der Waals surface area contributed by atoms with Crippen molar-refractivity contribution in [2.45, 2.75) is 32.7 Å². The first-order valence-electron chi connectivity index (χ1n) is 8.91. The number of hydrogen-bond acceptors (Lipinski definition) is 2. The van der Waals surface area contributed by atoms with E-state index in [1.165, 1.54) is 5.56 Å². The van der Waals surface area contributed by atoms with Crippen molar-refractivity contribution in [2.75, 3.05) is 13.6 Å². The van der Waals surface area contributed by atoms with Gasteiger partial charge in [0.1, 0.15) is 12.4 Å². The molecular weight excluding hydrogens is 310 g/mol. The molecule has 0 radical (unpaired) electrons. The summed E-state index contributed by atoms with van der Waals surface area (Å²) in [5.74, 6) is 1.07. The smallest absolute Gasteiger partial charge is 0.242 e. The Balaban J connectivity index is 1.89. The zero-order valence-corrected chi connectivity index (χ0v) is 15.0. The van der Waals surface area contributed by atoms with Crippen LogP contribution in [0.3, 0.4) is 0 Å². The largest absolute Gasteiger partial charge is 0.344 e. The molecule has 4 heteroatoms. The van der Waals surface area contributed by atoms with E-state index in [1.54, 1.807) is 0 Å². The van der Waals surface area contributed by atoms with Crippen LogP contribution in [0, 0.1) is 0 Å². The molecule has 25 heavy (non-hydrogen) atoms. The highest BCUT2D eigenvalue weighted by molar-refractivity contribution is 5.81. The number of fused-ring (bicyclic) bond motifs is 1. The van der Waals surface area contributed by atoms with Crippen molar-refractivity contribution in [1.82, 2.24) is 14.5 Å². The van der Waals surface area contributed by atoms with Gasteiger partial charge in [-0.15, -0.1) is 0 Å². The van der Waals surface area contributed by atoms with Crippen LogP contribution in [0.5, 0.6) is 0 Å². The number of para-hydroxylation sites is 2. The maximum atomic E-state index is 12.6. The molecule has 3 aromatic rings. The van der Waals surface area contributed by atoms with Gasteiger partial charge in [0.25, 0.3) is 0 Å². The molecule has 0 atom stereocenters. The number of rotatable bonds is 7. The first-order valence-corrected chi connectivity index (χ1v) is 8.91. The Hall–Kier alpha value is -2.62. The summed E-state index contributed by atoms with van der Waals surface area (Å²) >= 11 is 0. The molecule has 4 nitrogen and oxygen atoms in total. The molecule has 2 aromatic carbocycles. The van der Waals surface area contributed by atoms with Crippen LogP contribution >= 0.6 is 0 Å². The van der Waals surface area contributed by atoms with E-state index >= 15 is 0 Å². The van der Waals surface area contributed by atoms with Crippen LogP contribution in [0.4, 0.5) is 0 Å². The van der Waals surface area contributed by atoms with Crippen LogP contribution < -0.4 is 0 Å². The molecule has 0 saturated heterocycles. The maximum absolute atomic E-state index is 12.6. The van der Waals surface area contributed by atoms with Crippen molar-refractivity contribution in [2.24, 2.45) is 0 Å². The Morgan fingerprint density at radius 3 is 2.56 bits per heavy atom. The molecule has 0 aliphatic rings. The molecule has 0 N–H and O–H groups in total. The normalized spacial score (nSPS) is 11.0. The van der Waals surface area contributed by atoms with Gasteiger partial charge >= 0.3 is 0 Å². The minimum atomic E-state index is 0.130. The second-order valence-corrected chi connectivity index (χ2v) is 6.43. The number of amides is 1. The van der Waals surface area contributed by atoms with Gasteiger partial charge in [0, 0.05) is 20.0 Å². The van der Waals surface area contributed by atoms with Crippen molar-refractivity contribution < 1.29 is 4.79 Å². The van der Waals surface area contributed by atoms with E-state index in [0.717, 1.165) is 42.7 Å². The summed E-state index contributed by atoms with van der Waals surface area (Å²) in [5.41, 5.74) is 3.16. The standard InChI is InChI=1S/C21H25N3O/c1-3-4-14-23(2)21(25)16-24-19-13-9-8-12-18(19)22-20(24)15-17-10-6-5-7-11-17/h5-13H,3-4,14-16H2,1-2H3. The van der Waals surface area contributed by atoms with Gasteiger partial charge in [0.05, 0.1) is 11.0 Å². The molecule has 0 aliphatic heterocycles. The molecule has 130 valence electrons. The number of imidazole rings is 1. The Bertz CT molecular complexity index is 839. The van der Waals surface area contributed by atoms with E-state index in [4.69, 9.17) is 4.98 Å². The van der Waals surface area contributed by atoms with Gasteiger partial charge in [-0.25, -0.2) is 4.98 Å². The van der Waals surface area contributed by atoms with E-state index in [-0.39, 0.29) is 5.91 Å². The minimum absolute atomic E-state index is 0.130. The number of carbonyl (C=O) groups excluding carboxylic acids is 1. The van der Waals surface area contributed by atoms with E-state index in [0.29, 0.717) is 6.54 Å². The number of benzene rings is 2. The number of carbonyl (C=O) groups is 1. The fourth-order valence-electron chi connectivity index (χ4n) is 2.99. The van der Waals surface area contributed by atoms with Crippen molar-refractivity contribution in [1.29, 1.82) is 0 Å². The molecule has 1 amide bonds. The summed E-state index contributed by atoms with van der Waals surface area (Å²) in [7, 11) is 1.88. The summed E-state index contributed by atoms with van der Waals surface area (Å²) in [5, 5.41) is 0. The molecular formula is C21H25N3O. The lowest BCUT2D eigenvalue weighted by Crippen LogP contribution is -2.31. The monoisotopic (exact) mass is 335 g/mol. The van der Waals surface area contributed by atoms with Crippen LogP contribution in [0.1, 0.15) is 31.2 Å². The van der Waals surface area contributed by atoms with Crippen LogP contribution in [0.25, 0.3) is 11.0 Å². The summed E-state index contributed by atoms with van der Waals surface area (Å²) in [6, 6.07) is 18.3. The van der Waals surface area contributed by atoms with Gasteiger partial charge in [-0.05, 0) is 24.1 Å². The predicted octanol–water partition coefficient (Wildman–Crippen LogP) is 3.89. The molecule has 0 unspecified atom stereocenters. The van der Waals surface area contributed by atoms with Crippen molar-refractivity contribution in [3.63, 3.8) is 0 Å². The Kier molecular flexibility index (Phi) is 5.49. The van der Waals surface area contributed by atoms with Gasteiger partial charge in [-0.1, -0.05) is 55.8 Å². The van der Waals surface area contributed by atoms with E-state index in [2.05, 4.69) is 23.6 Å². The predicted molar refractivity (Wildman–Crippen MR) is 102 cm³/mol. The number of hydrogen-bond donors (Lipinski definition) is 0. The van der Waals surface area contributed by atoms with Gasteiger partial charge in [-0.2, -0.15) is 0 Å². The van der Waals surface area contributed by atoms with Gasteiger partial charge in [-0.3, -0.25) is 4.79 Å². The highest BCUT2D eigenvalue weighted by Crippen LogP contribution is 2.19. The average Bonchev–Trinajstić information content (AvgIpc) is 2.97. The molecule has 0 fully saturated rings. The third-order valence-electron chi connectivity index (χ3n) is 4.50. The highest BCUT2D eigenvalue weighted by atomic mass is 16.2. The van der Waals surface area contributed by atoms with Gasteiger partial charge in [0.2, 0.25) is 5.91 Å². The average molecular weight is 335 g/mol. The fourth-order valence-corrected chi connectivity index (χ4v) is 2.99. The quantitative estimate of drug-likeness (QED) is 0.657. The number of likely N-dealkylation sites (N-methyl/N-ethyl adjacent to an activating group) is 1.